The number of hydrogen-bond acceptors (Lipinski definition) is 3. The average Bonchev–Trinajstić information content (AvgIpc) is 3.04. The molecule has 0 amide bonds. The van der Waals surface area contributed by atoms with Gasteiger partial charge in [-0.05, 0) is 42.4 Å². The predicted octanol–water partition coefficient (Wildman–Crippen LogP) is 0.813. The second kappa shape index (κ2) is 3.22. The van der Waals surface area contributed by atoms with Crippen LogP contribution in [0.5, 0.6) is 0 Å². The standard InChI is InChI=1S/C13H14N2O2/c16-13-11-8-3-4-9(6-8)12(11)15(14-13)7-10-2-1-5-17-10/h1-2,5,7-9,11-12H,3-4,6H2. The second-order valence-corrected chi connectivity index (χ2v) is 5.31. The fraction of sp³-hybridized carbons (Fsp3) is 0.538. The van der Waals surface area contributed by atoms with Crippen LogP contribution in [0.1, 0.15) is 25.0 Å². The van der Waals surface area contributed by atoms with Crippen LogP contribution in [0.3, 0.4) is 0 Å². The Bertz CT molecular complexity index is 503. The molecule has 1 aliphatic heterocycles. The average molecular weight is 230 g/mol. The Balaban J connectivity index is 1.74. The molecule has 4 nitrogen and oxygen atoms in total. The summed E-state index contributed by atoms with van der Waals surface area (Å²) < 4.78 is 7.15. The molecule has 3 aliphatic rings. The maximum atomic E-state index is 11.9. The zero-order valence-corrected chi connectivity index (χ0v) is 9.45. The molecule has 4 heteroatoms. The summed E-state index contributed by atoms with van der Waals surface area (Å²) in [5.41, 5.74) is 0. The van der Waals surface area contributed by atoms with Crippen molar-refractivity contribution in [2.45, 2.75) is 25.3 Å². The van der Waals surface area contributed by atoms with E-state index in [1.807, 2.05) is 23.0 Å². The van der Waals surface area contributed by atoms with Crippen LogP contribution >= 0.6 is 0 Å². The zero-order valence-electron chi connectivity index (χ0n) is 9.45. The number of hydrazone groups is 1. The lowest BCUT2D eigenvalue weighted by Gasteiger charge is -2.22. The first-order valence-corrected chi connectivity index (χ1v) is 6.25. The Labute approximate surface area is 99.3 Å². The summed E-state index contributed by atoms with van der Waals surface area (Å²) in [7, 11) is 0. The van der Waals surface area contributed by atoms with Crippen molar-refractivity contribution < 1.29 is 14.2 Å². The Morgan fingerprint density at radius 2 is 2.29 bits per heavy atom. The summed E-state index contributed by atoms with van der Waals surface area (Å²) in [5.74, 6) is 2.22. The molecule has 2 heterocycles. The summed E-state index contributed by atoms with van der Waals surface area (Å²) in [6, 6.07) is 4.04. The molecule has 2 bridgehead atoms. The summed E-state index contributed by atoms with van der Waals surface area (Å²) in [6.07, 6.45) is 7.17. The second-order valence-electron chi connectivity index (χ2n) is 5.31. The minimum absolute atomic E-state index is 0.0741. The van der Waals surface area contributed by atoms with Crippen molar-refractivity contribution in [3.8, 4) is 0 Å². The molecule has 0 saturated heterocycles. The van der Waals surface area contributed by atoms with E-state index in [0.29, 0.717) is 17.9 Å². The van der Waals surface area contributed by atoms with Gasteiger partial charge in [0.15, 0.2) is 11.8 Å². The van der Waals surface area contributed by atoms with Crippen molar-refractivity contribution in [1.29, 1.82) is 0 Å². The molecule has 0 aromatic carbocycles. The van der Waals surface area contributed by atoms with Crippen molar-refractivity contribution in [3.63, 3.8) is 0 Å². The Hall–Kier alpha value is -1.58. The lowest BCUT2D eigenvalue weighted by atomic mass is 9.85. The molecule has 2 aliphatic carbocycles. The van der Waals surface area contributed by atoms with Gasteiger partial charge in [-0.3, -0.25) is 0 Å². The number of fused-ring (bicyclic) bond motifs is 5. The van der Waals surface area contributed by atoms with Gasteiger partial charge in [0.2, 0.25) is 6.21 Å². The van der Waals surface area contributed by atoms with Crippen molar-refractivity contribution >= 4 is 12.1 Å². The first kappa shape index (κ1) is 9.45. The SMILES string of the molecule is [O-]C1=N[N+](=Cc2ccco2)C2C3CCC(C3)C12. The quantitative estimate of drug-likeness (QED) is 0.670. The molecular formula is C13H14N2O2. The van der Waals surface area contributed by atoms with Gasteiger partial charge in [0.05, 0.1) is 12.2 Å². The third kappa shape index (κ3) is 1.24. The minimum atomic E-state index is 0.0741. The molecule has 1 aromatic heterocycles. The van der Waals surface area contributed by atoms with Gasteiger partial charge in [-0.1, -0.05) is 4.68 Å². The number of hydrogen-bond donors (Lipinski definition) is 0. The van der Waals surface area contributed by atoms with Crippen molar-refractivity contribution in [2.24, 2.45) is 22.9 Å². The molecule has 0 spiro atoms. The van der Waals surface area contributed by atoms with E-state index in [-0.39, 0.29) is 11.8 Å². The minimum Gasteiger partial charge on any atom is -0.857 e. The molecule has 4 unspecified atom stereocenters. The van der Waals surface area contributed by atoms with Crippen LogP contribution < -0.4 is 5.11 Å². The van der Waals surface area contributed by atoms with Gasteiger partial charge in [-0.15, -0.1) is 0 Å². The lowest BCUT2D eigenvalue weighted by molar-refractivity contribution is -0.569. The normalized spacial score (nSPS) is 40.9. The van der Waals surface area contributed by atoms with Crippen molar-refractivity contribution in [3.05, 3.63) is 24.2 Å². The van der Waals surface area contributed by atoms with E-state index in [1.54, 1.807) is 6.26 Å². The lowest BCUT2D eigenvalue weighted by Crippen LogP contribution is -2.37. The summed E-state index contributed by atoms with van der Waals surface area (Å²) in [5, 5.41) is 16.1. The predicted molar refractivity (Wildman–Crippen MR) is 59.7 cm³/mol. The number of rotatable bonds is 1. The summed E-state index contributed by atoms with van der Waals surface area (Å²) >= 11 is 0. The molecule has 4 atom stereocenters. The first-order chi connectivity index (χ1) is 8.33. The highest BCUT2D eigenvalue weighted by molar-refractivity contribution is 5.78. The number of nitrogens with zero attached hydrogens (tertiary/aromatic N) is 2. The fourth-order valence-electron chi connectivity index (χ4n) is 3.85. The molecule has 17 heavy (non-hydrogen) atoms. The maximum Gasteiger partial charge on any atom is 0.238 e. The van der Waals surface area contributed by atoms with E-state index in [2.05, 4.69) is 5.10 Å². The summed E-state index contributed by atoms with van der Waals surface area (Å²) in [6.45, 7) is 0. The monoisotopic (exact) mass is 230 g/mol. The van der Waals surface area contributed by atoms with Gasteiger partial charge in [0.25, 0.3) is 0 Å². The van der Waals surface area contributed by atoms with E-state index in [4.69, 9.17) is 4.42 Å². The molecular weight excluding hydrogens is 216 g/mol. The van der Waals surface area contributed by atoms with Gasteiger partial charge in [0.1, 0.15) is 0 Å². The van der Waals surface area contributed by atoms with Gasteiger partial charge >= 0.3 is 0 Å². The molecule has 88 valence electrons. The van der Waals surface area contributed by atoms with Gasteiger partial charge < -0.3 is 9.52 Å². The molecule has 2 fully saturated rings. The third-order valence-corrected chi connectivity index (χ3v) is 4.48. The van der Waals surface area contributed by atoms with Crippen LogP contribution in [-0.4, -0.2) is 22.8 Å². The van der Waals surface area contributed by atoms with Crippen LogP contribution in [0.15, 0.2) is 27.9 Å². The first-order valence-electron chi connectivity index (χ1n) is 6.25. The Morgan fingerprint density at radius 1 is 1.41 bits per heavy atom. The topological polar surface area (TPSA) is 51.6 Å². The highest BCUT2D eigenvalue weighted by atomic mass is 16.3. The highest BCUT2D eigenvalue weighted by Gasteiger charge is 2.57. The van der Waals surface area contributed by atoms with E-state index in [9.17, 15) is 5.11 Å². The van der Waals surface area contributed by atoms with Crippen LogP contribution in [0.25, 0.3) is 0 Å². The van der Waals surface area contributed by atoms with E-state index in [1.165, 1.54) is 19.3 Å². The Kier molecular flexibility index (Phi) is 1.79. The van der Waals surface area contributed by atoms with E-state index >= 15 is 0 Å². The molecule has 1 aromatic rings. The number of furan rings is 1. The Morgan fingerprint density at radius 3 is 3.12 bits per heavy atom. The molecule has 0 radical (unpaired) electrons. The van der Waals surface area contributed by atoms with E-state index < -0.39 is 0 Å². The van der Waals surface area contributed by atoms with Gasteiger partial charge in [-0.2, -0.15) is 0 Å². The largest absolute Gasteiger partial charge is 0.857 e. The molecule has 4 rings (SSSR count). The third-order valence-electron chi connectivity index (χ3n) is 4.48. The fourth-order valence-corrected chi connectivity index (χ4v) is 3.85. The summed E-state index contributed by atoms with van der Waals surface area (Å²) in [4.78, 5) is 0. The van der Waals surface area contributed by atoms with Crippen molar-refractivity contribution in [1.82, 2.24) is 0 Å². The van der Waals surface area contributed by atoms with Crippen LogP contribution in [-0.2, 0) is 0 Å². The van der Waals surface area contributed by atoms with Crippen LogP contribution in [0, 0.1) is 17.8 Å². The van der Waals surface area contributed by atoms with E-state index in [0.717, 1.165) is 5.76 Å². The maximum absolute atomic E-state index is 11.9. The highest BCUT2D eigenvalue weighted by Crippen LogP contribution is 2.51. The van der Waals surface area contributed by atoms with Gasteiger partial charge in [0, 0.05) is 11.8 Å². The smallest absolute Gasteiger partial charge is 0.238 e. The molecule has 0 N–H and O–H groups in total. The zero-order chi connectivity index (χ0) is 11.4. The van der Waals surface area contributed by atoms with Gasteiger partial charge in [-0.25, -0.2) is 0 Å². The van der Waals surface area contributed by atoms with Crippen molar-refractivity contribution in [2.75, 3.05) is 0 Å². The molecule has 2 saturated carbocycles. The van der Waals surface area contributed by atoms with Crippen LogP contribution in [0.4, 0.5) is 0 Å². The van der Waals surface area contributed by atoms with Crippen LogP contribution in [0.2, 0.25) is 0 Å².